The van der Waals surface area contributed by atoms with E-state index in [0.29, 0.717) is 10.4 Å². The van der Waals surface area contributed by atoms with Gasteiger partial charge in [-0.15, -0.1) is 11.3 Å². The van der Waals surface area contributed by atoms with Gasteiger partial charge in [0.15, 0.2) is 6.61 Å². The molecule has 3 aromatic rings. The molecule has 0 aliphatic rings. The van der Waals surface area contributed by atoms with E-state index in [4.69, 9.17) is 4.74 Å². The molecular weight excluding hydrogens is 310 g/mol. The topological polar surface area (TPSA) is 56.3 Å². The minimum absolute atomic E-state index is 0.195. The fraction of sp³-hybridized carbons (Fsp3) is 0.167. The number of thiophene rings is 1. The number of ether oxygens (including phenoxy) is 1. The first kappa shape index (κ1) is 15.4. The van der Waals surface area contributed by atoms with Crippen LogP contribution in [0.25, 0.3) is 10.9 Å². The fourth-order valence-electron chi connectivity index (χ4n) is 2.36. The Balaban J connectivity index is 1.86. The van der Waals surface area contributed by atoms with Gasteiger partial charge in [0.2, 0.25) is 5.78 Å². The molecule has 0 spiro atoms. The quantitative estimate of drug-likeness (QED) is 0.538. The molecule has 1 aromatic carbocycles. The smallest absolute Gasteiger partial charge is 0.339 e. The number of Topliss-reactive ketones (excluding diaryl/α,β-unsaturated/α-hetero) is 1. The van der Waals surface area contributed by atoms with Crippen molar-refractivity contribution < 1.29 is 14.3 Å². The number of fused-ring (bicyclic) bond motifs is 1. The largest absolute Gasteiger partial charge is 0.454 e. The van der Waals surface area contributed by atoms with Gasteiger partial charge in [-0.2, -0.15) is 0 Å². The second-order valence-electron chi connectivity index (χ2n) is 5.31. The van der Waals surface area contributed by atoms with Crippen molar-refractivity contribution in [2.24, 2.45) is 0 Å². The predicted octanol–water partition coefficient (Wildman–Crippen LogP) is 3.95. The Labute approximate surface area is 137 Å². The van der Waals surface area contributed by atoms with Crippen LogP contribution in [0.15, 0.2) is 41.8 Å². The maximum Gasteiger partial charge on any atom is 0.339 e. The molecule has 0 fully saturated rings. The molecule has 0 atom stereocenters. The number of pyridine rings is 1. The van der Waals surface area contributed by atoms with Crippen LogP contribution in [0.5, 0.6) is 0 Å². The van der Waals surface area contributed by atoms with Gasteiger partial charge in [-0.05, 0) is 43.5 Å². The zero-order valence-corrected chi connectivity index (χ0v) is 13.6. The van der Waals surface area contributed by atoms with Crippen molar-refractivity contribution in [3.63, 3.8) is 0 Å². The van der Waals surface area contributed by atoms with Gasteiger partial charge in [0, 0.05) is 11.1 Å². The summed E-state index contributed by atoms with van der Waals surface area (Å²) in [7, 11) is 0. The molecule has 5 heteroatoms. The summed E-state index contributed by atoms with van der Waals surface area (Å²) in [6.07, 6.45) is 0. The van der Waals surface area contributed by atoms with Gasteiger partial charge in [0.25, 0.3) is 0 Å². The molecule has 0 aliphatic carbocycles. The van der Waals surface area contributed by atoms with E-state index >= 15 is 0 Å². The highest BCUT2D eigenvalue weighted by Gasteiger charge is 2.16. The van der Waals surface area contributed by atoms with Crippen molar-refractivity contribution in [2.75, 3.05) is 6.61 Å². The SMILES string of the molecule is Cc1ccc2nc(C)cc(C(=O)OCC(=O)c3cccs3)c2c1. The first-order valence-corrected chi connectivity index (χ1v) is 8.04. The minimum atomic E-state index is -0.504. The van der Waals surface area contributed by atoms with Gasteiger partial charge >= 0.3 is 5.97 Å². The standard InChI is InChI=1S/C18H15NO3S/c1-11-5-6-15-13(8-11)14(9-12(2)19-15)18(21)22-10-16(20)17-4-3-7-23-17/h3-9H,10H2,1-2H3. The van der Waals surface area contributed by atoms with Gasteiger partial charge in [-0.25, -0.2) is 4.79 Å². The number of ketones is 1. The van der Waals surface area contributed by atoms with Crippen LogP contribution in [0.3, 0.4) is 0 Å². The molecule has 0 radical (unpaired) electrons. The highest BCUT2D eigenvalue weighted by molar-refractivity contribution is 7.12. The lowest BCUT2D eigenvalue weighted by Gasteiger charge is -2.08. The normalized spacial score (nSPS) is 10.7. The third-order valence-electron chi connectivity index (χ3n) is 3.44. The summed E-state index contributed by atoms with van der Waals surface area (Å²) in [5.74, 6) is -0.698. The summed E-state index contributed by atoms with van der Waals surface area (Å²) < 4.78 is 5.21. The van der Waals surface area contributed by atoms with E-state index in [1.807, 2.05) is 37.4 Å². The lowest BCUT2D eigenvalue weighted by molar-refractivity contribution is 0.0477. The Hall–Kier alpha value is -2.53. The Morgan fingerprint density at radius 1 is 1.17 bits per heavy atom. The maximum atomic E-state index is 12.4. The summed E-state index contributed by atoms with van der Waals surface area (Å²) >= 11 is 1.33. The number of carbonyl (C=O) groups is 2. The van der Waals surface area contributed by atoms with Crippen molar-refractivity contribution in [3.05, 3.63) is 63.5 Å². The molecule has 0 amide bonds. The van der Waals surface area contributed by atoms with Crippen molar-refractivity contribution in [1.82, 2.24) is 4.98 Å². The summed E-state index contributed by atoms with van der Waals surface area (Å²) in [5.41, 5.74) is 2.95. The van der Waals surface area contributed by atoms with Crippen molar-refractivity contribution in [3.8, 4) is 0 Å². The second kappa shape index (κ2) is 6.30. The lowest BCUT2D eigenvalue weighted by atomic mass is 10.1. The van der Waals surface area contributed by atoms with Crippen molar-refractivity contribution in [1.29, 1.82) is 0 Å². The zero-order valence-electron chi connectivity index (χ0n) is 12.8. The van der Waals surface area contributed by atoms with Crippen LogP contribution in [-0.4, -0.2) is 23.3 Å². The molecule has 0 saturated heterocycles. The van der Waals surface area contributed by atoms with Gasteiger partial charge in [-0.3, -0.25) is 9.78 Å². The van der Waals surface area contributed by atoms with Crippen LogP contribution < -0.4 is 0 Å². The van der Waals surface area contributed by atoms with Crippen molar-refractivity contribution >= 4 is 34.0 Å². The number of carbonyl (C=O) groups excluding carboxylic acids is 2. The van der Waals surface area contributed by atoms with Gasteiger partial charge in [-0.1, -0.05) is 17.7 Å². The minimum Gasteiger partial charge on any atom is -0.454 e. The van der Waals surface area contributed by atoms with Gasteiger partial charge in [0.05, 0.1) is 16.0 Å². The molecule has 116 valence electrons. The van der Waals surface area contributed by atoms with Crippen LogP contribution in [0.1, 0.15) is 31.3 Å². The van der Waals surface area contributed by atoms with Crippen LogP contribution in [0.4, 0.5) is 0 Å². The van der Waals surface area contributed by atoms with E-state index in [0.717, 1.165) is 22.2 Å². The third-order valence-corrected chi connectivity index (χ3v) is 4.35. The number of nitrogens with zero attached hydrogens (tertiary/aromatic N) is 1. The first-order chi connectivity index (χ1) is 11.0. The molecule has 0 unspecified atom stereocenters. The highest BCUT2D eigenvalue weighted by Crippen LogP contribution is 2.21. The Kier molecular flexibility index (Phi) is 4.21. The Morgan fingerprint density at radius 3 is 2.74 bits per heavy atom. The zero-order chi connectivity index (χ0) is 16.4. The van der Waals surface area contributed by atoms with Crippen molar-refractivity contribution in [2.45, 2.75) is 13.8 Å². The van der Waals surface area contributed by atoms with E-state index in [9.17, 15) is 9.59 Å². The van der Waals surface area contributed by atoms with Gasteiger partial charge in [0.1, 0.15) is 0 Å². The lowest BCUT2D eigenvalue weighted by Crippen LogP contribution is -2.14. The third kappa shape index (κ3) is 3.29. The molecule has 2 heterocycles. The molecule has 2 aromatic heterocycles. The van der Waals surface area contributed by atoms with Crippen LogP contribution in [0, 0.1) is 13.8 Å². The molecule has 0 bridgehead atoms. The Bertz CT molecular complexity index is 885. The molecule has 4 nitrogen and oxygen atoms in total. The molecule has 23 heavy (non-hydrogen) atoms. The van der Waals surface area contributed by atoms with E-state index in [1.54, 1.807) is 18.2 Å². The summed E-state index contributed by atoms with van der Waals surface area (Å²) in [4.78, 5) is 29.4. The van der Waals surface area contributed by atoms with Crippen LogP contribution in [-0.2, 0) is 4.74 Å². The molecule has 0 aliphatic heterocycles. The number of aromatic nitrogens is 1. The van der Waals surface area contributed by atoms with Crippen LogP contribution >= 0.6 is 11.3 Å². The molecule has 0 saturated carbocycles. The number of benzene rings is 1. The Morgan fingerprint density at radius 2 is 2.00 bits per heavy atom. The summed E-state index contributed by atoms with van der Waals surface area (Å²) in [5, 5.41) is 2.56. The predicted molar refractivity (Wildman–Crippen MR) is 90.1 cm³/mol. The van der Waals surface area contributed by atoms with E-state index in [-0.39, 0.29) is 12.4 Å². The number of aryl methyl sites for hydroxylation is 2. The average molecular weight is 325 g/mol. The fourth-order valence-corrected chi connectivity index (χ4v) is 3.01. The number of esters is 1. The van der Waals surface area contributed by atoms with Gasteiger partial charge < -0.3 is 4.74 Å². The second-order valence-corrected chi connectivity index (χ2v) is 6.26. The van der Waals surface area contributed by atoms with Crippen LogP contribution in [0.2, 0.25) is 0 Å². The highest BCUT2D eigenvalue weighted by atomic mass is 32.1. The monoisotopic (exact) mass is 325 g/mol. The average Bonchev–Trinajstić information content (AvgIpc) is 3.06. The molecular formula is C18H15NO3S. The number of rotatable bonds is 4. The van der Waals surface area contributed by atoms with E-state index in [1.165, 1.54) is 11.3 Å². The number of hydrogen-bond donors (Lipinski definition) is 0. The molecule has 0 N–H and O–H groups in total. The van der Waals surface area contributed by atoms with E-state index in [2.05, 4.69) is 4.98 Å². The summed E-state index contributed by atoms with van der Waals surface area (Å²) in [6, 6.07) is 10.9. The number of hydrogen-bond acceptors (Lipinski definition) is 5. The summed E-state index contributed by atoms with van der Waals surface area (Å²) in [6.45, 7) is 3.52. The maximum absolute atomic E-state index is 12.4. The molecule has 3 rings (SSSR count). The first-order valence-electron chi connectivity index (χ1n) is 7.16. The van der Waals surface area contributed by atoms with E-state index < -0.39 is 5.97 Å².